The Morgan fingerprint density at radius 3 is 2.41 bits per heavy atom. The van der Waals surface area contributed by atoms with Gasteiger partial charge in [-0.3, -0.25) is 4.79 Å². The second-order valence-electron chi connectivity index (χ2n) is 4.24. The van der Waals surface area contributed by atoms with Gasteiger partial charge in [0.2, 0.25) is 0 Å². The maximum absolute atomic E-state index is 11.0. The average Bonchev–Trinajstić information content (AvgIpc) is 2.65. The molecule has 94 valence electrons. The molecule has 1 spiro atoms. The standard InChI is InChI=1S/C11H14O6/c12-9(13)5-7-6-11(16-3-4-17-11)2-1-8(7)10(14)15/h1-6H2,(H,12,13)(H,14,15). The zero-order valence-corrected chi connectivity index (χ0v) is 9.27. The minimum atomic E-state index is -1.05. The van der Waals surface area contributed by atoms with Crippen molar-refractivity contribution in [2.45, 2.75) is 31.5 Å². The number of carboxylic acid groups (broad SMARTS) is 2. The fraction of sp³-hybridized carbons (Fsp3) is 0.636. The molecule has 0 atom stereocenters. The second-order valence-corrected chi connectivity index (χ2v) is 4.24. The van der Waals surface area contributed by atoms with Gasteiger partial charge < -0.3 is 19.7 Å². The fourth-order valence-corrected chi connectivity index (χ4v) is 2.37. The lowest BCUT2D eigenvalue weighted by Gasteiger charge is -2.33. The lowest BCUT2D eigenvalue weighted by Crippen LogP contribution is -2.35. The Hall–Kier alpha value is -1.40. The summed E-state index contributed by atoms with van der Waals surface area (Å²) in [5, 5.41) is 17.8. The van der Waals surface area contributed by atoms with Crippen LogP contribution in [0.1, 0.15) is 25.7 Å². The Bertz CT molecular complexity index is 377. The van der Waals surface area contributed by atoms with Crippen molar-refractivity contribution in [3.8, 4) is 0 Å². The molecule has 0 aromatic carbocycles. The van der Waals surface area contributed by atoms with Gasteiger partial charge in [0.1, 0.15) is 0 Å². The molecule has 0 unspecified atom stereocenters. The molecule has 1 saturated heterocycles. The summed E-state index contributed by atoms with van der Waals surface area (Å²) in [6, 6.07) is 0. The summed E-state index contributed by atoms with van der Waals surface area (Å²) >= 11 is 0. The minimum absolute atomic E-state index is 0.192. The number of carboxylic acids is 2. The maximum Gasteiger partial charge on any atom is 0.331 e. The Balaban J connectivity index is 2.23. The van der Waals surface area contributed by atoms with E-state index in [0.717, 1.165) is 0 Å². The topological polar surface area (TPSA) is 93.1 Å². The molecule has 6 nitrogen and oxygen atoms in total. The van der Waals surface area contributed by atoms with E-state index in [4.69, 9.17) is 19.7 Å². The van der Waals surface area contributed by atoms with Crippen LogP contribution in [0.3, 0.4) is 0 Å². The molecule has 1 heterocycles. The first-order valence-corrected chi connectivity index (χ1v) is 5.46. The Labute approximate surface area is 97.8 Å². The lowest BCUT2D eigenvalue weighted by atomic mass is 9.85. The highest BCUT2D eigenvalue weighted by atomic mass is 16.7. The van der Waals surface area contributed by atoms with E-state index < -0.39 is 17.7 Å². The molecule has 1 aliphatic heterocycles. The first kappa shape index (κ1) is 12.1. The van der Waals surface area contributed by atoms with Gasteiger partial charge in [-0.1, -0.05) is 0 Å². The summed E-state index contributed by atoms with van der Waals surface area (Å²) in [5.41, 5.74) is 0.593. The minimum Gasteiger partial charge on any atom is -0.481 e. The molecule has 6 heteroatoms. The van der Waals surface area contributed by atoms with Crippen molar-refractivity contribution < 1.29 is 29.3 Å². The van der Waals surface area contributed by atoms with E-state index in [1.807, 2.05) is 0 Å². The highest BCUT2D eigenvalue weighted by molar-refractivity contribution is 5.89. The quantitative estimate of drug-likeness (QED) is 0.759. The zero-order chi connectivity index (χ0) is 12.5. The number of carbonyl (C=O) groups is 2. The summed E-state index contributed by atoms with van der Waals surface area (Å²) in [5.74, 6) is -2.87. The predicted molar refractivity (Wildman–Crippen MR) is 55.4 cm³/mol. The Morgan fingerprint density at radius 2 is 1.88 bits per heavy atom. The van der Waals surface area contributed by atoms with E-state index in [0.29, 0.717) is 25.2 Å². The first-order chi connectivity index (χ1) is 8.02. The monoisotopic (exact) mass is 242 g/mol. The van der Waals surface area contributed by atoms with E-state index in [2.05, 4.69) is 0 Å². The Kier molecular flexibility index (Phi) is 3.17. The smallest absolute Gasteiger partial charge is 0.331 e. The molecule has 1 fully saturated rings. The van der Waals surface area contributed by atoms with E-state index in [-0.39, 0.29) is 24.8 Å². The van der Waals surface area contributed by atoms with Crippen LogP contribution < -0.4 is 0 Å². The molecule has 0 amide bonds. The molecule has 0 aromatic heterocycles. The average molecular weight is 242 g/mol. The third-order valence-corrected chi connectivity index (χ3v) is 3.10. The van der Waals surface area contributed by atoms with Gasteiger partial charge in [-0.2, -0.15) is 0 Å². The molecule has 0 bridgehead atoms. The van der Waals surface area contributed by atoms with E-state index >= 15 is 0 Å². The predicted octanol–water partition coefficient (Wildman–Crippen LogP) is 0.769. The van der Waals surface area contributed by atoms with Crippen LogP contribution >= 0.6 is 0 Å². The van der Waals surface area contributed by atoms with Crippen LogP contribution in [-0.2, 0) is 19.1 Å². The number of hydrogen-bond acceptors (Lipinski definition) is 4. The molecular weight excluding hydrogens is 228 g/mol. The van der Waals surface area contributed by atoms with Gasteiger partial charge >= 0.3 is 11.9 Å². The van der Waals surface area contributed by atoms with Crippen LogP contribution in [0.2, 0.25) is 0 Å². The third kappa shape index (κ3) is 2.48. The molecule has 0 saturated carbocycles. The van der Waals surface area contributed by atoms with Crippen molar-refractivity contribution >= 4 is 11.9 Å². The first-order valence-electron chi connectivity index (χ1n) is 5.46. The van der Waals surface area contributed by atoms with Crippen LogP contribution in [0, 0.1) is 0 Å². The van der Waals surface area contributed by atoms with E-state index in [9.17, 15) is 9.59 Å². The van der Waals surface area contributed by atoms with Crippen molar-refractivity contribution in [3.05, 3.63) is 11.1 Å². The molecule has 0 aromatic rings. The van der Waals surface area contributed by atoms with Gasteiger partial charge in [0, 0.05) is 18.4 Å². The lowest BCUT2D eigenvalue weighted by molar-refractivity contribution is -0.165. The normalized spacial score (nSPS) is 23.1. The SMILES string of the molecule is O=C(O)CC1=C(C(=O)O)CCC2(C1)OCCO2. The van der Waals surface area contributed by atoms with Crippen molar-refractivity contribution in [1.82, 2.24) is 0 Å². The number of rotatable bonds is 3. The molecule has 1 aliphatic carbocycles. The highest BCUT2D eigenvalue weighted by Gasteiger charge is 2.42. The van der Waals surface area contributed by atoms with Crippen LogP contribution in [-0.4, -0.2) is 41.2 Å². The van der Waals surface area contributed by atoms with Crippen molar-refractivity contribution in [2.24, 2.45) is 0 Å². The second kappa shape index (κ2) is 4.46. The largest absolute Gasteiger partial charge is 0.481 e. The van der Waals surface area contributed by atoms with Gasteiger partial charge in [0.05, 0.1) is 19.6 Å². The Morgan fingerprint density at radius 1 is 1.24 bits per heavy atom. The van der Waals surface area contributed by atoms with Crippen molar-refractivity contribution in [2.75, 3.05) is 13.2 Å². The molecule has 0 radical (unpaired) electrons. The summed E-state index contributed by atoms with van der Waals surface area (Å²) in [7, 11) is 0. The molecule has 17 heavy (non-hydrogen) atoms. The van der Waals surface area contributed by atoms with Crippen LogP contribution in [0.15, 0.2) is 11.1 Å². The molecule has 2 rings (SSSR count). The summed E-state index contributed by atoms with van der Waals surface area (Å²) in [4.78, 5) is 21.7. The van der Waals surface area contributed by atoms with Gasteiger partial charge in [-0.25, -0.2) is 4.79 Å². The molecule has 2 N–H and O–H groups in total. The van der Waals surface area contributed by atoms with Gasteiger partial charge in [-0.05, 0) is 12.0 Å². The number of aliphatic carboxylic acids is 2. The van der Waals surface area contributed by atoms with E-state index in [1.165, 1.54) is 0 Å². The molecule has 2 aliphatic rings. The summed E-state index contributed by atoms with van der Waals surface area (Å²) < 4.78 is 11.0. The maximum atomic E-state index is 11.0. The van der Waals surface area contributed by atoms with E-state index in [1.54, 1.807) is 0 Å². The zero-order valence-electron chi connectivity index (χ0n) is 9.27. The van der Waals surface area contributed by atoms with Crippen molar-refractivity contribution in [3.63, 3.8) is 0 Å². The van der Waals surface area contributed by atoms with Gasteiger partial charge in [0.25, 0.3) is 0 Å². The van der Waals surface area contributed by atoms with Crippen LogP contribution in [0.25, 0.3) is 0 Å². The van der Waals surface area contributed by atoms with Crippen molar-refractivity contribution in [1.29, 1.82) is 0 Å². The van der Waals surface area contributed by atoms with Crippen LogP contribution in [0.5, 0.6) is 0 Å². The third-order valence-electron chi connectivity index (χ3n) is 3.10. The van der Waals surface area contributed by atoms with Gasteiger partial charge in [0.15, 0.2) is 5.79 Å². The summed E-state index contributed by atoms with van der Waals surface area (Å²) in [6.45, 7) is 0.950. The highest BCUT2D eigenvalue weighted by Crippen LogP contribution is 2.39. The number of ether oxygens (including phenoxy) is 2. The number of hydrogen-bond donors (Lipinski definition) is 2. The summed E-state index contributed by atoms with van der Waals surface area (Å²) in [6.07, 6.45) is 0.729. The van der Waals surface area contributed by atoms with Crippen LogP contribution in [0.4, 0.5) is 0 Å². The molecular formula is C11H14O6. The fourth-order valence-electron chi connectivity index (χ4n) is 2.37. The van der Waals surface area contributed by atoms with Gasteiger partial charge in [-0.15, -0.1) is 0 Å².